The van der Waals surface area contributed by atoms with Crippen molar-refractivity contribution in [1.82, 2.24) is 0 Å². The van der Waals surface area contributed by atoms with Crippen molar-refractivity contribution in [2.45, 2.75) is 27.7 Å². The standard InChI is InChI=1S/C20H22O3S.2ClH.Zr/c1-12(2)15-10-17(14-8-6-5-7-9-14)18-11-16(13(3)4)20(19(15)18)24(21,22)23;;;/h5-13H,1-4H3,(H,21,22,23);2*1H;/q;;;+2/p-2. The number of fused-ring (bicyclic) bond motifs is 1. The second-order valence-electron chi connectivity index (χ2n) is 6.88. The minimum atomic E-state index is -4.29. The number of hydrogen-bond donors (Lipinski definition) is 1. The zero-order valence-electron chi connectivity index (χ0n) is 15.6. The summed E-state index contributed by atoms with van der Waals surface area (Å²) in [5.74, 6) is 0.172. The Morgan fingerprint density at radius 1 is 0.815 bits per heavy atom. The second-order valence-corrected chi connectivity index (χ2v) is 8.24. The molecule has 0 saturated heterocycles. The maximum absolute atomic E-state index is 12.1. The molecule has 0 radical (unpaired) electrons. The fourth-order valence-corrected chi connectivity index (χ4v) is 4.46. The molecule has 0 heterocycles. The van der Waals surface area contributed by atoms with E-state index >= 15 is 0 Å². The molecule has 0 atom stereocenters. The van der Waals surface area contributed by atoms with Gasteiger partial charge in [-0.3, -0.25) is 4.55 Å². The minimum Gasteiger partial charge on any atom is -1.00 e. The second kappa shape index (κ2) is 9.85. The molecule has 1 aromatic carbocycles. The van der Waals surface area contributed by atoms with Crippen LogP contribution in [0.4, 0.5) is 0 Å². The third-order valence-corrected chi connectivity index (χ3v) is 5.48. The number of benzene rings is 1. The van der Waals surface area contributed by atoms with E-state index in [1.54, 1.807) is 0 Å². The summed E-state index contributed by atoms with van der Waals surface area (Å²) in [6.07, 6.45) is 3.99. The molecule has 0 bridgehead atoms. The van der Waals surface area contributed by atoms with Crippen LogP contribution in [-0.4, -0.2) is 13.0 Å². The molecule has 1 N–H and O–H groups in total. The van der Waals surface area contributed by atoms with Crippen molar-refractivity contribution < 1.29 is 64.0 Å². The first kappa shape index (κ1) is 26.6. The van der Waals surface area contributed by atoms with Gasteiger partial charge in [0.15, 0.2) is 0 Å². The van der Waals surface area contributed by atoms with Crippen molar-refractivity contribution in [2.24, 2.45) is 11.8 Å². The summed E-state index contributed by atoms with van der Waals surface area (Å²) >= 11 is 0. The molecule has 7 heteroatoms. The van der Waals surface area contributed by atoms with Gasteiger partial charge >= 0.3 is 26.2 Å². The van der Waals surface area contributed by atoms with E-state index in [-0.39, 0.29) is 67.8 Å². The fourth-order valence-electron chi connectivity index (χ4n) is 3.38. The van der Waals surface area contributed by atoms with Gasteiger partial charge in [-0.05, 0) is 51.8 Å². The van der Waals surface area contributed by atoms with Gasteiger partial charge in [-0.15, -0.1) is 0 Å². The molecule has 0 saturated carbocycles. The molecule has 2 aliphatic carbocycles. The van der Waals surface area contributed by atoms with Gasteiger partial charge in [0.05, 0.1) is 0 Å². The Labute approximate surface area is 193 Å². The molecule has 3 rings (SSSR count). The monoisotopic (exact) mass is 502 g/mol. The first-order valence-corrected chi connectivity index (χ1v) is 9.61. The quantitative estimate of drug-likeness (QED) is 0.524. The Kier molecular flexibility index (Phi) is 9.68. The summed E-state index contributed by atoms with van der Waals surface area (Å²) in [5, 5.41) is 0. The van der Waals surface area contributed by atoms with Crippen molar-refractivity contribution >= 4 is 15.7 Å². The van der Waals surface area contributed by atoms with Gasteiger partial charge < -0.3 is 24.8 Å². The SMILES string of the molecule is CC(C)C1=C2C(=CC(C(C)C)=C2S(=O)(=O)O)C(c2ccccc2)=C1.[Cl-].[Cl-].[Zr+2]. The van der Waals surface area contributed by atoms with Crippen LogP contribution in [-0.2, 0) is 36.3 Å². The van der Waals surface area contributed by atoms with Gasteiger partial charge in [-0.25, -0.2) is 0 Å². The molecular weight excluding hydrogens is 482 g/mol. The Hall–Kier alpha value is -0.447. The molecule has 0 amide bonds. The smallest absolute Gasteiger partial charge is 1.00 e. The van der Waals surface area contributed by atoms with Crippen LogP contribution in [0.5, 0.6) is 0 Å². The minimum absolute atomic E-state index is 0. The van der Waals surface area contributed by atoms with E-state index in [0.717, 1.165) is 22.3 Å². The third kappa shape index (κ3) is 4.94. The van der Waals surface area contributed by atoms with E-state index in [9.17, 15) is 13.0 Å². The summed E-state index contributed by atoms with van der Waals surface area (Å²) < 4.78 is 34.1. The van der Waals surface area contributed by atoms with Crippen LogP contribution < -0.4 is 24.8 Å². The number of halogens is 2. The molecule has 27 heavy (non-hydrogen) atoms. The van der Waals surface area contributed by atoms with Crippen LogP contribution in [0, 0.1) is 11.8 Å². The first-order chi connectivity index (χ1) is 11.2. The van der Waals surface area contributed by atoms with Crippen LogP contribution >= 0.6 is 0 Å². The van der Waals surface area contributed by atoms with E-state index in [0.29, 0.717) is 11.1 Å². The van der Waals surface area contributed by atoms with E-state index in [4.69, 9.17) is 0 Å². The molecule has 2 aliphatic rings. The molecule has 144 valence electrons. The van der Waals surface area contributed by atoms with Crippen LogP contribution in [0.1, 0.15) is 33.3 Å². The van der Waals surface area contributed by atoms with Crippen molar-refractivity contribution in [3.63, 3.8) is 0 Å². The zero-order valence-corrected chi connectivity index (χ0v) is 20.4. The van der Waals surface area contributed by atoms with Gasteiger partial charge in [0.25, 0.3) is 10.1 Å². The molecule has 0 aromatic heterocycles. The molecule has 3 nitrogen and oxygen atoms in total. The van der Waals surface area contributed by atoms with E-state index in [1.807, 2.05) is 64.1 Å². The summed E-state index contributed by atoms with van der Waals surface area (Å²) in [7, 11) is -4.29. The van der Waals surface area contributed by atoms with Crippen LogP contribution in [0.25, 0.3) is 5.57 Å². The molecule has 0 fully saturated rings. The Morgan fingerprint density at radius 2 is 1.30 bits per heavy atom. The largest absolute Gasteiger partial charge is 2.00 e. The predicted molar refractivity (Wildman–Crippen MR) is 97.8 cm³/mol. The normalized spacial score (nSPS) is 15.8. The molecule has 0 aliphatic heterocycles. The van der Waals surface area contributed by atoms with Gasteiger partial charge in [0.2, 0.25) is 0 Å². The average molecular weight is 505 g/mol. The maximum atomic E-state index is 12.1. The summed E-state index contributed by atoms with van der Waals surface area (Å²) in [5.41, 5.74) is 5.30. The van der Waals surface area contributed by atoms with E-state index in [2.05, 4.69) is 6.08 Å². The van der Waals surface area contributed by atoms with Gasteiger partial charge in [-0.1, -0.05) is 58.0 Å². The van der Waals surface area contributed by atoms with Crippen molar-refractivity contribution in [2.75, 3.05) is 0 Å². The van der Waals surface area contributed by atoms with Gasteiger partial charge in [-0.2, -0.15) is 8.42 Å². The summed E-state index contributed by atoms with van der Waals surface area (Å²) in [4.78, 5) is 0.0818. The topological polar surface area (TPSA) is 54.4 Å². The Balaban J connectivity index is 0.00000225. The number of rotatable bonds is 4. The molecular formula is C20H22Cl2O3SZr. The molecule has 0 unspecified atom stereocenters. The Bertz CT molecular complexity index is 925. The van der Waals surface area contributed by atoms with Gasteiger partial charge in [0.1, 0.15) is 4.91 Å². The van der Waals surface area contributed by atoms with E-state index < -0.39 is 10.1 Å². The van der Waals surface area contributed by atoms with Crippen LogP contribution in [0.15, 0.2) is 69.7 Å². The van der Waals surface area contributed by atoms with Crippen molar-refractivity contribution in [3.05, 3.63) is 75.2 Å². The number of hydrogen-bond acceptors (Lipinski definition) is 2. The maximum Gasteiger partial charge on any atom is 2.00 e. The van der Waals surface area contributed by atoms with Crippen LogP contribution in [0.2, 0.25) is 0 Å². The zero-order chi connectivity index (χ0) is 17.6. The predicted octanol–water partition coefficient (Wildman–Crippen LogP) is -1.22. The summed E-state index contributed by atoms with van der Waals surface area (Å²) in [6, 6.07) is 9.95. The van der Waals surface area contributed by atoms with Crippen molar-refractivity contribution in [3.8, 4) is 0 Å². The Morgan fingerprint density at radius 3 is 1.74 bits per heavy atom. The third-order valence-electron chi connectivity index (χ3n) is 4.52. The van der Waals surface area contributed by atoms with Crippen molar-refractivity contribution in [1.29, 1.82) is 0 Å². The van der Waals surface area contributed by atoms with Gasteiger partial charge in [0, 0.05) is 5.57 Å². The fraction of sp³-hybridized carbons (Fsp3) is 0.300. The van der Waals surface area contributed by atoms with Crippen LogP contribution in [0.3, 0.4) is 0 Å². The van der Waals surface area contributed by atoms with E-state index in [1.165, 1.54) is 0 Å². The molecule has 1 aromatic rings. The molecule has 0 spiro atoms. The average Bonchev–Trinajstić information content (AvgIpc) is 3.03. The first-order valence-electron chi connectivity index (χ1n) is 8.17. The number of allylic oxidation sites excluding steroid dienone is 7. The summed E-state index contributed by atoms with van der Waals surface area (Å²) in [6.45, 7) is 7.97.